The van der Waals surface area contributed by atoms with Gasteiger partial charge in [0, 0.05) is 12.5 Å². The second-order valence-electron chi connectivity index (χ2n) is 8.34. The molecule has 3 aliphatic rings. The quantitative estimate of drug-likeness (QED) is 0.740. The first-order valence-corrected chi connectivity index (χ1v) is 10.7. The molecule has 1 aliphatic carbocycles. The standard InChI is InChI=1S/C23H29NO6/c1-28-23(27)15-5-7-16(8-6-15)30-20-14-29-22-17(21(20)26)9-10-19(25)18(22)13-24-11-3-2-4-12-24/h5-8,14,17-19,22,25H,2-4,9-13H2,1H3. The molecule has 1 aromatic rings. The van der Waals surface area contributed by atoms with E-state index in [9.17, 15) is 14.7 Å². The van der Waals surface area contributed by atoms with Crippen LogP contribution in [0, 0.1) is 11.8 Å². The Morgan fingerprint density at radius 3 is 2.60 bits per heavy atom. The number of hydrogen-bond acceptors (Lipinski definition) is 7. The van der Waals surface area contributed by atoms with Crippen molar-refractivity contribution in [2.24, 2.45) is 11.8 Å². The molecule has 162 valence electrons. The number of likely N-dealkylation sites (tertiary alicyclic amines) is 1. The third-order valence-electron chi connectivity index (χ3n) is 6.42. The van der Waals surface area contributed by atoms with E-state index in [1.54, 1.807) is 24.3 Å². The Labute approximate surface area is 176 Å². The van der Waals surface area contributed by atoms with Gasteiger partial charge in [-0.25, -0.2) is 4.79 Å². The number of ether oxygens (including phenoxy) is 3. The number of carbonyl (C=O) groups excluding carboxylic acids is 2. The summed E-state index contributed by atoms with van der Waals surface area (Å²) in [5.74, 6) is -0.291. The highest BCUT2D eigenvalue weighted by Crippen LogP contribution is 2.38. The van der Waals surface area contributed by atoms with Crippen LogP contribution in [-0.2, 0) is 14.3 Å². The fourth-order valence-corrected chi connectivity index (χ4v) is 4.75. The highest BCUT2D eigenvalue weighted by atomic mass is 16.5. The van der Waals surface area contributed by atoms with Gasteiger partial charge in [-0.05, 0) is 63.0 Å². The molecule has 4 rings (SSSR count). The first kappa shape index (κ1) is 20.9. The van der Waals surface area contributed by atoms with Crippen molar-refractivity contribution in [2.45, 2.75) is 44.3 Å². The van der Waals surface area contributed by atoms with Crippen LogP contribution in [0.25, 0.3) is 0 Å². The number of benzene rings is 1. The highest BCUT2D eigenvalue weighted by Gasteiger charge is 2.47. The maximum Gasteiger partial charge on any atom is 0.337 e. The summed E-state index contributed by atoms with van der Waals surface area (Å²) >= 11 is 0. The number of rotatable bonds is 5. The number of methoxy groups -OCH3 is 1. The second-order valence-corrected chi connectivity index (χ2v) is 8.34. The summed E-state index contributed by atoms with van der Waals surface area (Å²) in [6.45, 7) is 2.84. The molecule has 0 spiro atoms. The Bertz CT molecular complexity index is 798. The first-order valence-electron chi connectivity index (χ1n) is 10.7. The molecule has 0 bridgehead atoms. The van der Waals surface area contributed by atoms with Crippen LogP contribution in [0.1, 0.15) is 42.5 Å². The lowest BCUT2D eigenvalue weighted by Gasteiger charge is -2.43. The molecule has 1 saturated carbocycles. The number of fused-ring (bicyclic) bond motifs is 1. The molecule has 7 heteroatoms. The van der Waals surface area contributed by atoms with E-state index in [0.29, 0.717) is 24.2 Å². The van der Waals surface area contributed by atoms with Crippen LogP contribution in [0.4, 0.5) is 0 Å². The van der Waals surface area contributed by atoms with Crippen molar-refractivity contribution in [3.63, 3.8) is 0 Å². The van der Waals surface area contributed by atoms with Crippen LogP contribution in [-0.4, -0.2) is 60.7 Å². The molecule has 1 aromatic carbocycles. The molecule has 2 aliphatic heterocycles. The van der Waals surface area contributed by atoms with Crippen LogP contribution in [0.2, 0.25) is 0 Å². The molecule has 2 fully saturated rings. The van der Waals surface area contributed by atoms with Crippen molar-refractivity contribution in [1.82, 2.24) is 4.90 Å². The summed E-state index contributed by atoms with van der Waals surface area (Å²) in [7, 11) is 1.33. The molecule has 7 nitrogen and oxygen atoms in total. The van der Waals surface area contributed by atoms with E-state index in [4.69, 9.17) is 9.47 Å². The normalized spacial score (nSPS) is 29.4. The summed E-state index contributed by atoms with van der Waals surface area (Å²) in [6.07, 6.45) is 5.42. The largest absolute Gasteiger partial charge is 0.493 e. The van der Waals surface area contributed by atoms with E-state index in [1.165, 1.54) is 32.6 Å². The number of piperidine rings is 1. The van der Waals surface area contributed by atoms with Gasteiger partial charge in [-0.3, -0.25) is 4.79 Å². The van der Waals surface area contributed by atoms with Gasteiger partial charge in [-0.2, -0.15) is 0 Å². The zero-order chi connectivity index (χ0) is 21.1. The maximum absolute atomic E-state index is 13.1. The van der Waals surface area contributed by atoms with Crippen LogP contribution in [0.5, 0.6) is 5.75 Å². The summed E-state index contributed by atoms with van der Waals surface area (Å²) in [5.41, 5.74) is 0.409. The van der Waals surface area contributed by atoms with E-state index in [2.05, 4.69) is 9.64 Å². The van der Waals surface area contributed by atoms with Gasteiger partial charge in [0.2, 0.25) is 11.5 Å². The van der Waals surface area contributed by atoms with Gasteiger partial charge in [0.15, 0.2) is 0 Å². The van der Waals surface area contributed by atoms with Crippen LogP contribution in [0.15, 0.2) is 36.3 Å². The zero-order valence-electron chi connectivity index (χ0n) is 17.3. The number of aliphatic hydroxyl groups excluding tert-OH is 1. The van der Waals surface area contributed by atoms with E-state index in [-0.39, 0.29) is 29.5 Å². The molecule has 0 aromatic heterocycles. The molecular formula is C23H29NO6. The average molecular weight is 415 g/mol. The van der Waals surface area contributed by atoms with Crippen molar-refractivity contribution < 1.29 is 28.9 Å². The van der Waals surface area contributed by atoms with Crippen LogP contribution >= 0.6 is 0 Å². The van der Waals surface area contributed by atoms with E-state index in [0.717, 1.165) is 19.6 Å². The fourth-order valence-electron chi connectivity index (χ4n) is 4.75. The second kappa shape index (κ2) is 9.18. The molecule has 1 saturated heterocycles. The lowest BCUT2D eigenvalue weighted by molar-refractivity contribution is -0.140. The summed E-state index contributed by atoms with van der Waals surface area (Å²) in [6, 6.07) is 6.42. The fraction of sp³-hybridized carbons (Fsp3) is 0.565. The molecule has 2 heterocycles. The van der Waals surface area contributed by atoms with Gasteiger partial charge in [-0.1, -0.05) is 6.42 Å². The van der Waals surface area contributed by atoms with E-state index in [1.807, 2.05) is 0 Å². The lowest BCUT2D eigenvalue weighted by atomic mass is 9.73. The Hall–Kier alpha value is -2.38. The number of aliphatic hydroxyl groups is 1. The highest BCUT2D eigenvalue weighted by molar-refractivity contribution is 5.96. The number of Topliss-reactive ketones (excluding diaryl/α,β-unsaturated/α-hetero) is 1. The number of nitrogens with zero attached hydrogens (tertiary/aromatic N) is 1. The van der Waals surface area contributed by atoms with Gasteiger partial charge in [0.25, 0.3) is 0 Å². The number of esters is 1. The minimum absolute atomic E-state index is 0.0806. The van der Waals surface area contributed by atoms with Gasteiger partial charge >= 0.3 is 5.97 Å². The third-order valence-corrected chi connectivity index (χ3v) is 6.42. The summed E-state index contributed by atoms with van der Waals surface area (Å²) in [5, 5.41) is 10.6. The molecule has 0 radical (unpaired) electrons. The lowest BCUT2D eigenvalue weighted by Crippen LogP contribution is -2.53. The number of hydrogen-bond donors (Lipinski definition) is 1. The zero-order valence-corrected chi connectivity index (χ0v) is 17.3. The van der Waals surface area contributed by atoms with Crippen LogP contribution in [0.3, 0.4) is 0 Å². The predicted octanol–water partition coefficient (Wildman–Crippen LogP) is 2.53. The van der Waals surface area contributed by atoms with Crippen molar-refractivity contribution in [1.29, 1.82) is 0 Å². The van der Waals surface area contributed by atoms with Crippen molar-refractivity contribution in [3.8, 4) is 5.75 Å². The molecule has 4 unspecified atom stereocenters. The van der Waals surface area contributed by atoms with E-state index >= 15 is 0 Å². The Kier molecular flexibility index (Phi) is 6.39. The third kappa shape index (κ3) is 4.37. The molecule has 30 heavy (non-hydrogen) atoms. The van der Waals surface area contributed by atoms with Crippen molar-refractivity contribution >= 4 is 11.8 Å². The Balaban J connectivity index is 1.44. The van der Waals surface area contributed by atoms with Gasteiger partial charge < -0.3 is 24.2 Å². The number of allylic oxidation sites excluding steroid dienone is 1. The minimum atomic E-state index is -0.456. The number of carbonyl (C=O) groups is 2. The topological polar surface area (TPSA) is 85.3 Å². The SMILES string of the molecule is COC(=O)c1ccc(OC2=COC3C(CCC(O)C3CN3CCCCC3)C2=O)cc1. The van der Waals surface area contributed by atoms with Gasteiger partial charge in [-0.15, -0.1) is 0 Å². The van der Waals surface area contributed by atoms with Gasteiger partial charge in [0.1, 0.15) is 18.1 Å². The molecule has 0 amide bonds. The molecule has 1 N–H and O–H groups in total. The summed E-state index contributed by atoms with van der Waals surface area (Å²) < 4.78 is 16.4. The van der Waals surface area contributed by atoms with Crippen molar-refractivity contribution in [2.75, 3.05) is 26.7 Å². The average Bonchev–Trinajstić information content (AvgIpc) is 2.78. The molecular weight excluding hydrogens is 386 g/mol. The van der Waals surface area contributed by atoms with Gasteiger partial charge in [0.05, 0.1) is 24.7 Å². The van der Waals surface area contributed by atoms with Crippen molar-refractivity contribution in [3.05, 3.63) is 41.9 Å². The Morgan fingerprint density at radius 2 is 1.90 bits per heavy atom. The van der Waals surface area contributed by atoms with Crippen LogP contribution < -0.4 is 4.74 Å². The number of ketones is 1. The summed E-state index contributed by atoms with van der Waals surface area (Å²) in [4.78, 5) is 27.0. The monoisotopic (exact) mass is 415 g/mol. The first-order chi connectivity index (χ1) is 14.6. The maximum atomic E-state index is 13.1. The smallest absolute Gasteiger partial charge is 0.337 e. The van der Waals surface area contributed by atoms with E-state index < -0.39 is 12.1 Å². The minimum Gasteiger partial charge on any atom is -0.493 e. The Morgan fingerprint density at radius 1 is 1.17 bits per heavy atom. The predicted molar refractivity (Wildman–Crippen MR) is 109 cm³/mol. The molecule has 4 atom stereocenters.